The molecule has 45 heavy (non-hydrogen) atoms. The van der Waals surface area contributed by atoms with Gasteiger partial charge in [-0.05, 0) is 72.1 Å². The van der Waals surface area contributed by atoms with Crippen LogP contribution >= 0.6 is 0 Å². The largest absolute Gasteiger partial charge is 0.377 e. The van der Waals surface area contributed by atoms with Gasteiger partial charge in [0.1, 0.15) is 5.84 Å². The molecule has 0 bridgehead atoms. The quantitative estimate of drug-likeness (QED) is 0.279. The topological polar surface area (TPSA) is 48.4 Å². The molecule has 3 unspecified atom stereocenters. The molecule has 3 aromatic carbocycles. The summed E-state index contributed by atoms with van der Waals surface area (Å²) in [5.74, 6) is 0.896. The number of hydrogen-bond donors (Lipinski definition) is 3. The minimum atomic E-state index is -0.153. The molecule has 0 radical (unpaired) electrons. The Morgan fingerprint density at radius 2 is 1.53 bits per heavy atom. The predicted molar refractivity (Wildman–Crippen MR) is 191 cm³/mol. The van der Waals surface area contributed by atoms with E-state index in [1.54, 1.807) is 0 Å². The molecular weight excluding hydrogens is 548 g/mol. The Kier molecular flexibility index (Phi) is 7.19. The van der Waals surface area contributed by atoms with E-state index >= 15 is 0 Å². The van der Waals surface area contributed by atoms with Crippen molar-refractivity contribution in [2.24, 2.45) is 4.99 Å². The lowest BCUT2D eigenvalue weighted by molar-refractivity contribution is 0.854. The predicted octanol–water partition coefficient (Wildman–Crippen LogP) is 9.16. The fraction of sp³-hybridized carbons (Fsp3) is 0.195. The monoisotopic (exact) mass is 586 g/mol. The molecule has 3 atom stereocenters. The van der Waals surface area contributed by atoms with Crippen LogP contribution in [0, 0.1) is 0 Å². The number of hydrogen-bond acceptors (Lipinski definition) is 4. The Labute approximate surface area is 266 Å². The highest BCUT2D eigenvalue weighted by Crippen LogP contribution is 2.44. The highest BCUT2D eigenvalue weighted by Gasteiger charge is 2.31. The first-order valence-electron chi connectivity index (χ1n) is 16.2. The summed E-state index contributed by atoms with van der Waals surface area (Å²) >= 11 is 0. The third kappa shape index (κ3) is 5.42. The number of anilines is 2. The zero-order valence-corrected chi connectivity index (χ0v) is 25.6. The van der Waals surface area contributed by atoms with E-state index in [2.05, 4.69) is 150 Å². The van der Waals surface area contributed by atoms with E-state index in [4.69, 9.17) is 4.99 Å². The van der Waals surface area contributed by atoms with Crippen LogP contribution in [-0.2, 0) is 0 Å². The molecule has 2 aliphatic carbocycles. The second-order valence-corrected chi connectivity index (χ2v) is 12.4. The number of aliphatic imine (C=N–C) groups is 1. The number of nitrogens with one attached hydrogen (secondary N) is 3. The van der Waals surface area contributed by atoms with Crippen LogP contribution in [0.25, 0.3) is 22.9 Å². The first-order chi connectivity index (χ1) is 22.2. The molecule has 3 aliphatic heterocycles. The summed E-state index contributed by atoms with van der Waals surface area (Å²) in [4.78, 5) is 5.40. The molecule has 4 heteroatoms. The van der Waals surface area contributed by atoms with Gasteiger partial charge in [0.05, 0.1) is 23.5 Å². The standard InChI is InChI=1S/C41H38N4/c1-27-17-18-32-23-24-34-35(25-36(30-13-7-3-8-14-30)43-40(34)39(32)42-27)38-26-37(44-41(45-38)33-15-9-4-10-16-33)31-21-19-29(20-22-31)28-11-5-2-6-12-28/h2-5,7,9-11,13,15-27,36,38,42-43H,6,8,12,14H2,1H3,(H,44,45). The molecule has 0 saturated heterocycles. The van der Waals surface area contributed by atoms with Crippen molar-refractivity contribution < 1.29 is 0 Å². The van der Waals surface area contributed by atoms with Crippen molar-refractivity contribution in [1.29, 1.82) is 0 Å². The van der Waals surface area contributed by atoms with Gasteiger partial charge in [0.2, 0.25) is 0 Å². The average Bonchev–Trinajstić information content (AvgIpc) is 3.12. The number of fused-ring (bicyclic) bond motifs is 3. The second kappa shape index (κ2) is 11.8. The first-order valence-corrected chi connectivity index (χ1v) is 16.2. The van der Waals surface area contributed by atoms with Gasteiger partial charge in [-0.15, -0.1) is 0 Å². The van der Waals surface area contributed by atoms with E-state index < -0.39 is 0 Å². The van der Waals surface area contributed by atoms with Gasteiger partial charge < -0.3 is 16.0 Å². The molecule has 0 fully saturated rings. The Bertz CT molecular complexity index is 1880. The van der Waals surface area contributed by atoms with Crippen LogP contribution in [0.1, 0.15) is 60.4 Å². The van der Waals surface area contributed by atoms with Crippen molar-refractivity contribution in [1.82, 2.24) is 5.32 Å². The Morgan fingerprint density at radius 3 is 2.31 bits per heavy atom. The second-order valence-electron chi connectivity index (χ2n) is 12.4. The smallest absolute Gasteiger partial charge is 0.133 e. The van der Waals surface area contributed by atoms with E-state index in [0.717, 1.165) is 48.3 Å². The summed E-state index contributed by atoms with van der Waals surface area (Å²) < 4.78 is 0. The van der Waals surface area contributed by atoms with Crippen LogP contribution in [0.3, 0.4) is 0 Å². The third-order valence-electron chi connectivity index (χ3n) is 9.37. The number of rotatable bonds is 5. The molecule has 0 amide bonds. The van der Waals surface area contributed by atoms with E-state index in [9.17, 15) is 0 Å². The van der Waals surface area contributed by atoms with Gasteiger partial charge in [-0.3, -0.25) is 4.99 Å². The van der Waals surface area contributed by atoms with Crippen molar-refractivity contribution in [3.8, 4) is 0 Å². The van der Waals surface area contributed by atoms with Gasteiger partial charge in [0.15, 0.2) is 0 Å². The zero-order valence-electron chi connectivity index (χ0n) is 25.6. The molecule has 8 rings (SSSR count). The first kappa shape index (κ1) is 27.5. The lowest BCUT2D eigenvalue weighted by atomic mass is 9.84. The fourth-order valence-electron chi connectivity index (χ4n) is 6.95. The minimum Gasteiger partial charge on any atom is -0.377 e. The summed E-state index contributed by atoms with van der Waals surface area (Å²) in [6.45, 7) is 2.20. The van der Waals surface area contributed by atoms with Gasteiger partial charge in [0, 0.05) is 22.9 Å². The van der Waals surface area contributed by atoms with E-state index in [1.165, 1.54) is 44.8 Å². The molecule has 0 aromatic heterocycles. The molecule has 3 N–H and O–H groups in total. The van der Waals surface area contributed by atoms with E-state index in [1.807, 2.05) is 0 Å². The Morgan fingerprint density at radius 1 is 0.733 bits per heavy atom. The van der Waals surface area contributed by atoms with Crippen LogP contribution in [0.2, 0.25) is 0 Å². The lowest BCUT2D eigenvalue weighted by Crippen LogP contribution is -2.33. The molecular formula is C41H38N4. The van der Waals surface area contributed by atoms with Gasteiger partial charge in [-0.2, -0.15) is 0 Å². The summed E-state index contributed by atoms with van der Waals surface area (Å²) in [6, 6.07) is 24.2. The van der Waals surface area contributed by atoms with Gasteiger partial charge in [0.25, 0.3) is 0 Å². The van der Waals surface area contributed by atoms with Crippen LogP contribution in [0.15, 0.2) is 132 Å². The molecule has 0 spiro atoms. The van der Waals surface area contributed by atoms with E-state index in [0.29, 0.717) is 0 Å². The number of benzene rings is 3. The Hall–Kier alpha value is -5.09. The molecule has 4 nitrogen and oxygen atoms in total. The average molecular weight is 587 g/mol. The van der Waals surface area contributed by atoms with Gasteiger partial charge >= 0.3 is 0 Å². The highest BCUT2D eigenvalue weighted by atomic mass is 15.1. The van der Waals surface area contributed by atoms with Crippen molar-refractivity contribution >= 4 is 40.1 Å². The number of allylic oxidation sites excluding steroid dienone is 7. The van der Waals surface area contributed by atoms with Crippen LogP contribution in [-0.4, -0.2) is 24.0 Å². The molecule has 3 aromatic rings. The van der Waals surface area contributed by atoms with Crippen molar-refractivity contribution in [2.75, 3.05) is 10.6 Å². The molecule has 0 saturated carbocycles. The molecule has 3 heterocycles. The van der Waals surface area contributed by atoms with Crippen molar-refractivity contribution in [3.05, 3.63) is 155 Å². The lowest BCUT2D eigenvalue weighted by Gasteiger charge is -2.35. The van der Waals surface area contributed by atoms with Crippen molar-refractivity contribution in [3.63, 3.8) is 0 Å². The SMILES string of the molecule is CC1C=Cc2ccc3c(c2N1)NC(C1=CC=CCC1)C=C3C1C=C(c2ccc(C3=CC=CCC3)cc2)NC(c2ccccc2)=N1. The van der Waals surface area contributed by atoms with Crippen LogP contribution in [0.5, 0.6) is 0 Å². The maximum absolute atomic E-state index is 5.40. The maximum atomic E-state index is 5.40. The fourth-order valence-corrected chi connectivity index (χ4v) is 6.95. The number of amidine groups is 1. The highest BCUT2D eigenvalue weighted by molar-refractivity contribution is 6.06. The summed E-state index contributed by atoms with van der Waals surface area (Å²) in [6.07, 6.45) is 26.9. The van der Waals surface area contributed by atoms with E-state index in [-0.39, 0.29) is 18.1 Å². The maximum Gasteiger partial charge on any atom is 0.133 e. The van der Waals surface area contributed by atoms with Crippen molar-refractivity contribution in [2.45, 2.75) is 50.7 Å². The summed E-state index contributed by atoms with van der Waals surface area (Å²) in [5.41, 5.74) is 13.4. The van der Waals surface area contributed by atoms with Gasteiger partial charge in [-0.25, -0.2) is 0 Å². The van der Waals surface area contributed by atoms with Gasteiger partial charge in [-0.1, -0.05) is 121 Å². The molecule has 5 aliphatic rings. The Balaban J connectivity index is 1.25. The normalized spacial score (nSPS) is 23.1. The summed E-state index contributed by atoms with van der Waals surface area (Å²) in [7, 11) is 0. The zero-order chi connectivity index (χ0) is 30.2. The summed E-state index contributed by atoms with van der Waals surface area (Å²) in [5, 5.41) is 11.4. The number of nitrogens with zero attached hydrogens (tertiary/aromatic N) is 1. The van der Waals surface area contributed by atoms with Crippen LogP contribution in [0.4, 0.5) is 11.4 Å². The molecule has 222 valence electrons. The minimum absolute atomic E-state index is 0.103. The third-order valence-corrected chi connectivity index (χ3v) is 9.37. The van der Waals surface area contributed by atoms with Crippen LogP contribution < -0.4 is 16.0 Å².